The van der Waals surface area contributed by atoms with E-state index in [1.807, 2.05) is 0 Å². The van der Waals surface area contributed by atoms with Crippen LogP contribution in [0.25, 0.3) is 0 Å². The van der Waals surface area contributed by atoms with Gasteiger partial charge < -0.3 is 24.3 Å². The van der Waals surface area contributed by atoms with Gasteiger partial charge in [-0.25, -0.2) is 4.79 Å². The van der Waals surface area contributed by atoms with E-state index in [1.165, 1.54) is 46.5 Å². The molecular formula is C19H20N2O8. The average molecular weight is 404 g/mol. The summed E-state index contributed by atoms with van der Waals surface area (Å²) in [4.78, 5) is 35.3. The van der Waals surface area contributed by atoms with Crippen molar-refractivity contribution in [1.29, 1.82) is 0 Å². The van der Waals surface area contributed by atoms with Crippen LogP contribution in [0.3, 0.4) is 0 Å². The quantitative estimate of drug-likeness (QED) is 0.404. The molecule has 0 aromatic heterocycles. The van der Waals surface area contributed by atoms with Crippen LogP contribution in [-0.4, -0.2) is 44.2 Å². The molecule has 0 spiro atoms. The fraction of sp³-hybridized carbons (Fsp3) is 0.263. The Hall–Kier alpha value is -3.82. The standard InChI is InChI=1S/C19H20N2O8/c1-11(29-19(23)13-6-5-7-16(27-3)17(13)28-4)18(22)20-14-10-12(21(24)25)8-9-15(14)26-2/h5-11H,1-4H3,(H,20,22). The molecule has 0 fully saturated rings. The summed E-state index contributed by atoms with van der Waals surface area (Å²) in [5, 5.41) is 13.4. The van der Waals surface area contributed by atoms with Crippen molar-refractivity contribution in [2.75, 3.05) is 26.6 Å². The molecule has 2 aromatic rings. The molecule has 0 bridgehead atoms. The zero-order valence-corrected chi connectivity index (χ0v) is 16.3. The van der Waals surface area contributed by atoms with Crippen LogP contribution < -0.4 is 19.5 Å². The monoisotopic (exact) mass is 404 g/mol. The summed E-state index contributed by atoms with van der Waals surface area (Å²) in [5.74, 6) is -0.765. The van der Waals surface area contributed by atoms with Gasteiger partial charge >= 0.3 is 5.97 Å². The summed E-state index contributed by atoms with van der Waals surface area (Å²) in [5.41, 5.74) is -0.0696. The second-order valence-corrected chi connectivity index (χ2v) is 5.72. The third-order valence-corrected chi connectivity index (χ3v) is 3.93. The Morgan fingerprint density at radius 3 is 2.31 bits per heavy atom. The lowest BCUT2D eigenvalue weighted by Gasteiger charge is -2.16. The van der Waals surface area contributed by atoms with Gasteiger partial charge in [0.1, 0.15) is 11.3 Å². The number of nitro groups is 1. The summed E-state index contributed by atoms with van der Waals surface area (Å²) in [6, 6.07) is 8.41. The fourth-order valence-corrected chi connectivity index (χ4v) is 2.47. The zero-order chi connectivity index (χ0) is 21.6. The maximum atomic E-state index is 12.5. The lowest BCUT2D eigenvalue weighted by Crippen LogP contribution is -2.30. The molecule has 29 heavy (non-hydrogen) atoms. The van der Waals surface area contributed by atoms with Crippen LogP contribution in [0.4, 0.5) is 11.4 Å². The Kier molecular flexibility index (Phi) is 6.96. The summed E-state index contributed by atoms with van der Waals surface area (Å²) in [7, 11) is 4.16. The molecule has 0 aliphatic carbocycles. The molecule has 1 atom stereocenters. The van der Waals surface area contributed by atoms with E-state index in [1.54, 1.807) is 12.1 Å². The highest BCUT2D eigenvalue weighted by Crippen LogP contribution is 2.32. The number of ether oxygens (including phenoxy) is 4. The Bertz CT molecular complexity index is 928. The van der Waals surface area contributed by atoms with E-state index in [9.17, 15) is 19.7 Å². The zero-order valence-electron chi connectivity index (χ0n) is 16.3. The first-order valence-electron chi connectivity index (χ1n) is 8.37. The molecule has 1 amide bonds. The van der Waals surface area contributed by atoms with Crippen LogP contribution in [-0.2, 0) is 9.53 Å². The summed E-state index contributed by atoms with van der Waals surface area (Å²) < 4.78 is 20.6. The molecule has 154 valence electrons. The van der Waals surface area contributed by atoms with Crippen molar-refractivity contribution in [3.63, 3.8) is 0 Å². The van der Waals surface area contributed by atoms with Crippen molar-refractivity contribution in [2.24, 2.45) is 0 Å². The molecule has 2 rings (SSSR count). The molecule has 10 heteroatoms. The number of nitro benzene ring substituents is 1. The third-order valence-electron chi connectivity index (χ3n) is 3.93. The number of hydrogen-bond acceptors (Lipinski definition) is 8. The van der Waals surface area contributed by atoms with Gasteiger partial charge in [-0.3, -0.25) is 14.9 Å². The Balaban J connectivity index is 2.17. The molecule has 0 radical (unpaired) electrons. The number of methoxy groups -OCH3 is 3. The number of rotatable bonds is 8. The van der Waals surface area contributed by atoms with Gasteiger partial charge in [0.05, 0.1) is 31.9 Å². The van der Waals surface area contributed by atoms with E-state index in [0.717, 1.165) is 6.07 Å². The van der Waals surface area contributed by atoms with Gasteiger partial charge in [-0.15, -0.1) is 0 Å². The van der Waals surface area contributed by atoms with Crippen molar-refractivity contribution in [1.82, 2.24) is 0 Å². The number of nitrogens with one attached hydrogen (secondary N) is 1. The van der Waals surface area contributed by atoms with Crippen LogP contribution in [0.2, 0.25) is 0 Å². The SMILES string of the molecule is COc1ccc([N+](=O)[O-])cc1NC(=O)C(C)OC(=O)c1cccc(OC)c1OC. The topological polar surface area (TPSA) is 126 Å². The van der Waals surface area contributed by atoms with Crippen molar-refractivity contribution in [3.05, 3.63) is 52.1 Å². The van der Waals surface area contributed by atoms with Gasteiger partial charge in [-0.2, -0.15) is 0 Å². The minimum absolute atomic E-state index is 0.0774. The van der Waals surface area contributed by atoms with Crippen LogP contribution in [0.1, 0.15) is 17.3 Å². The molecule has 0 saturated heterocycles. The smallest absolute Gasteiger partial charge is 0.342 e. The van der Waals surface area contributed by atoms with Gasteiger partial charge in [0.2, 0.25) is 0 Å². The van der Waals surface area contributed by atoms with Gasteiger partial charge in [-0.05, 0) is 25.1 Å². The molecule has 0 aliphatic heterocycles. The van der Waals surface area contributed by atoms with E-state index < -0.39 is 22.9 Å². The number of esters is 1. The number of non-ortho nitro benzene ring substituents is 1. The van der Waals surface area contributed by atoms with E-state index >= 15 is 0 Å². The van der Waals surface area contributed by atoms with Gasteiger partial charge in [-0.1, -0.05) is 6.07 Å². The molecule has 1 N–H and O–H groups in total. The lowest BCUT2D eigenvalue weighted by atomic mass is 10.2. The van der Waals surface area contributed by atoms with Gasteiger partial charge in [0, 0.05) is 12.1 Å². The van der Waals surface area contributed by atoms with Crippen LogP contribution in [0, 0.1) is 10.1 Å². The summed E-state index contributed by atoms with van der Waals surface area (Å²) in [6.45, 7) is 1.36. The van der Waals surface area contributed by atoms with Crippen LogP contribution in [0.15, 0.2) is 36.4 Å². The highest BCUT2D eigenvalue weighted by Gasteiger charge is 2.24. The molecule has 0 heterocycles. The van der Waals surface area contributed by atoms with E-state index in [-0.39, 0.29) is 28.4 Å². The molecule has 0 aliphatic rings. The summed E-state index contributed by atoms with van der Waals surface area (Å²) >= 11 is 0. The van der Waals surface area contributed by atoms with Gasteiger partial charge in [0.25, 0.3) is 11.6 Å². The van der Waals surface area contributed by atoms with Gasteiger partial charge in [0.15, 0.2) is 17.6 Å². The van der Waals surface area contributed by atoms with E-state index in [2.05, 4.69) is 5.32 Å². The number of carbonyl (C=O) groups is 2. The molecular weight excluding hydrogens is 384 g/mol. The molecule has 0 saturated carbocycles. The first kappa shape index (κ1) is 21.5. The Morgan fingerprint density at radius 1 is 1.03 bits per heavy atom. The number of hydrogen-bond donors (Lipinski definition) is 1. The van der Waals surface area contributed by atoms with Crippen molar-refractivity contribution >= 4 is 23.3 Å². The number of nitrogens with zero attached hydrogens (tertiary/aromatic N) is 1. The number of benzene rings is 2. The molecule has 10 nitrogen and oxygen atoms in total. The highest BCUT2D eigenvalue weighted by atomic mass is 16.6. The molecule has 2 aromatic carbocycles. The number of amides is 1. The Labute approximate surface area is 166 Å². The first-order valence-corrected chi connectivity index (χ1v) is 8.37. The normalized spacial score (nSPS) is 11.2. The second-order valence-electron chi connectivity index (χ2n) is 5.72. The molecule has 1 unspecified atom stereocenters. The predicted molar refractivity (Wildman–Crippen MR) is 103 cm³/mol. The lowest BCUT2D eigenvalue weighted by molar-refractivity contribution is -0.384. The fourth-order valence-electron chi connectivity index (χ4n) is 2.47. The second kappa shape index (κ2) is 9.40. The minimum atomic E-state index is -1.21. The number of anilines is 1. The summed E-state index contributed by atoms with van der Waals surface area (Å²) in [6.07, 6.45) is -1.21. The largest absolute Gasteiger partial charge is 0.495 e. The van der Waals surface area contributed by atoms with Crippen molar-refractivity contribution < 1.29 is 33.5 Å². The average Bonchev–Trinajstić information content (AvgIpc) is 2.72. The van der Waals surface area contributed by atoms with Crippen LogP contribution in [0.5, 0.6) is 17.2 Å². The minimum Gasteiger partial charge on any atom is -0.495 e. The van der Waals surface area contributed by atoms with E-state index in [0.29, 0.717) is 5.75 Å². The number of para-hydroxylation sites is 1. The van der Waals surface area contributed by atoms with E-state index in [4.69, 9.17) is 18.9 Å². The Morgan fingerprint density at radius 2 is 1.72 bits per heavy atom. The van der Waals surface area contributed by atoms with Crippen molar-refractivity contribution in [3.8, 4) is 17.2 Å². The number of carbonyl (C=O) groups excluding carboxylic acids is 2. The maximum absolute atomic E-state index is 12.5. The highest BCUT2D eigenvalue weighted by molar-refractivity contribution is 5.99. The third kappa shape index (κ3) is 4.92. The predicted octanol–water partition coefficient (Wildman–Crippen LogP) is 2.80. The van der Waals surface area contributed by atoms with Crippen molar-refractivity contribution in [2.45, 2.75) is 13.0 Å². The van der Waals surface area contributed by atoms with Crippen LogP contribution >= 0.6 is 0 Å². The maximum Gasteiger partial charge on any atom is 0.342 e. The first-order chi connectivity index (χ1) is 13.8.